The van der Waals surface area contributed by atoms with E-state index in [0.29, 0.717) is 23.3 Å². The van der Waals surface area contributed by atoms with Crippen LogP contribution in [0.3, 0.4) is 0 Å². The molecule has 6 nitrogen and oxygen atoms in total. The molecule has 3 aliphatic rings. The molecule has 1 saturated heterocycles. The van der Waals surface area contributed by atoms with Gasteiger partial charge in [-0.05, 0) is 36.4 Å². The first-order chi connectivity index (χ1) is 16.3. The van der Waals surface area contributed by atoms with Crippen molar-refractivity contribution in [3.05, 3.63) is 89.0 Å². The minimum atomic E-state index is -4.54. The molecular formula is C25H17F3N2O4. The first kappa shape index (κ1) is 20.7. The number of ether oxygens (including phenoxy) is 1. The lowest BCUT2D eigenvalue weighted by Crippen LogP contribution is -2.37. The Balaban J connectivity index is 1.36. The van der Waals surface area contributed by atoms with E-state index >= 15 is 0 Å². The quantitative estimate of drug-likeness (QED) is 0.476. The van der Waals surface area contributed by atoms with Gasteiger partial charge in [0.2, 0.25) is 0 Å². The fourth-order valence-corrected chi connectivity index (χ4v) is 4.74. The number of amides is 2. The summed E-state index contributed by atoms with van der Waals surface area (Å²) in [5, 5.41) is 1.42. The maximum Gasteiger partial charge on any atom is 0.416 e. The molecule has 3 aromatic rings. The molecule has 0 saturated carbocycles. The number of hydroxylamine groups is 1. The molecule has 0 radical (unpaired) electrons. The lowest BCUT2D eigenvalue weighted by atomic mass is 10.00. The van der Waals surface area contributed by atoms with E-state index in [4.69, 9.17) is 9.57 Å². The molecule has 9 heteroatoms. The third-order valence-electron chi connectivity index (χ3n) is 6.32. The largest absolute Gasteiger partial charge is 0.455 e. The number of fused-ring (bicyclic) bond motifs is 6. The Kier molecular flexibility index (Phi) is 4.47. The highest BCUT2D eigenvalue weighted by Gasteiger charge is 2.44. The van der Waals surface area contributed by atoms with Crippen LogP contribution in [0.5, 0.6) is 11.5 Å². The van der Waals surface area contributed by atoms with Crippen molar-refractivity contribution in [3.63, 3.8) is 0 Å². The summed E-state index contributed by atoms with van der Waals surface area (Å²) >= 11 is 0. The predicted molar refractivity (Wildman–Crippen MR) is 114 cm³/mol. The number of carbonyl (C=O) groups is 2. The van der Waals surface area contributed by atoms with E-state index in [2.05, 4.69) is 0 Å². The van der Waals surface area contributed by atoms with Crippen LogP contribution in [-0.2, 0) is 11.0 Å². The van der Waals surface area contributed by atoms with E-state index in [0.717, 1.165) is 22.6 Å². The monoisotopic (exact) mass is 466 g/mol. The zero-order chi connectivity index (χ0) is 23.6. The van der Waals surface area contributed by atoms with Crippen molar-refractivity contribution in [1.82, 2.24) is 4.90 Å². The average Bonchev–Trinajstić information content (AvgIpc) is 3.30. The summed E-state index contributed by atoms with van der Waals surface area (Å²) in [5.41, 5.74) is 0.725. The van der Waals surface area contributed by atoms with Gasteiger partial charge >= 0.3 is 6.18 Å². The topological polar surface area (TPSA) is 59.1 Å². The van der Waals surface area contributed by atoms with Crippen LogP contribution in [0.25, 0.3) is 0 Å². The molecule has 3 aliphatic heterocycles. The van der Waals surface area contributed by atoms with E-state index in [9.17, 15) is 22.8 Å². The number of hydrogen-bond donors (Lipinski definition) is 0. The van der Waals surface area contributed by atoms with Crippen LogP contribution < -0.4 is 9.80 Å². The summed E-state index contributed by atoms with van der Waals surface area (Å²) in [6.45, 7) is -0.0172. The van der Waals surface area contributed by atoms with Crippen LogP contribution in [-0.4, -0.2) is 29.4 Å². The lowest BCUT2D eigenvalue weighted by molar-refractivity contribution is -0.137. The Morgan fingerprint density at radius 2 is 1.56 bits per heavy atom. The zero-order valence-corrected chi connectivity index (χ0v) is 17.6. The first-order valence-corrected chi connectivity index (χ1v) is 10.7. The number of alkyl halides is 3. The van der Waals surface area contributed by atoms with Gasteiger partial charge in [0.25, 0.3) is 11.8 Å². The zero-order valence-electron chi connectivity index (χ0n) is 17.6. The highest BCUT2D eigenvalue weighted by atomic mass is 19.4. The minimum Gasteiger partial charge on any atom is -0.455 e. The van der Waals surface area contributed by atoms with Crippen molar-refractivity contribution in [3.8, 4) is 11.5 Å². The number of rotatable bonds is 2. The Morgan fingerprint density at radius 1 is 0.882 bits per heavy atom. The molecule has 0 bridgehead atoms. The van der Waals surface area contributed by atoms with Crippen LogP contribution in [0.15, 0.2) is 66.7 Å². The third-order valence-corrected chi connectivity index (χ3v) is 6.32. The fraction of sp³-hybridized carbons (Fsp3) is 0.200. The number of halogens is 3. The third kappa shape index (κ3) is 3.15. The second-order valence-electron chi connectivity index (χ2n) is 8.39. The summed E-state index contributed by atoms with van der Waals surface area (Å²) in [5.74, 6) is -0.0742. The Hall–Kier alpha value is -3.85. The number of nitrogens with zero attached hydrogens (tertiary/aromatic N) is 2. The summed E-state index contributed by atoms with van der Waals surface area (Å²) in [7, 11) is 0. The number of hydrogen-bond acceptors (Lipinski definition) is 5. The molecule has 34 heavy (non-hydrogen) atoms. The second kappa shape index (κ2) is 7.33. The number of carbonyl (C=O) groups excluding carboxylic acids is 2. The van der Waals surface area contributed by atoms with Gasteiger partial charge in [0.05, 0.1) is 29.3 Å². The van der Waals surface area contributed by atoms with Gasteiger partial charge in [0.15, 0.2) is 5.75 Å². The number of imide groups is 1. The van der Waals surface area contributed by atoms with Crippen LogP contribution >= 0.6 is 0 Å². The minimum absolute atomic E-state index is 0.0172. The second-order valence-corrected chi connectivity index (χ2v) is 8.39. The molecule has 0 aliphatic carbocycles. The molecule has 6 rings (SSSR count). The number of anilines is 1. The van der Waals surface area contributed by atoms with Gasteiger partial charge in [0, 0.05) is 12.0 Å². The summed E-state index contributed by atoms with van der Waals surface area (Å²) in [6.07, 6.45) is -4.80. The fourth-order valence-electron chi connectivity index (χ4n) is 4.74. The predicted octanol–water partition coefficient (Wildman–Crippen LogP) is 5.36. The highest BCUT2D eigenvalue weighted by molar-refractivity contribution is 6.21. The lowest BCUT2D eigenvalue weighted by Gasteiger charge is -2.25. The molecule has 0 spiro atoms. The van der Waals surface area contributed by atoms with Crippen molar-refractivity contribution in [1.29, 1.82) is 0 Å². The highest BCUT2D eigenvalue weighted by Crippen LogP contribution is 2.50. The number of para-hydroxylation sites is 1. The van der Waals surface area contributed by atoms with Crippen LogP contribution in [0.1, 0.15) is 44.3 Å². The summed E-state index contributed by atoms with van der Waals surface area (Å²) < 4.78 is 46.3. The Morgan fingerprint density at radius 3 is 2.26 bits per heavy atom. The molecule has 0 unspecified atom stereocenters. The Labute approximate surface area is 192 Å². The van der Waals surface area contributed by atoms with E-state index < -0.39 is 35.7 Å². The normalized spacial score (nSPS) is 20.9. The standard InChI is InChI=1S/C25H17F3N2O4/c26-25(27,28)14-9-10-22-20(11-14)30-19(18-7-3-4-8-21(18)33-22)12-15(34-30)13-29-23(31)16-5-1-2-6-17(16)24(29)32/h1-11,15,19H,12-13H2/t15-,19-/m0/s1. The van der Waals surface area contributed by atoms with Gasteiger partial charge in [-0.25, -0.2) is 5.06 Å². The van der Waals surface area contributed by atoms with Crippen LogP contribution in [0, 0.1) is 0 Å². The van der Waals surface area contributed by atoms with Crippen molar-refractivity contribution in [2.45, 2.75) is 24.7 Å². The molecule has 0 aromatic heterocycles. The molecule has 2 amide bonds. The van der Waals surface area contributed by atoms with Gasteiger partial charge in [-0.1, -0.05) is 30.3 Å². The average molecular weight is 466 g/mol. The van der Waals surface area contributed by atoms with Crippen LogP contribution in [0.2, 0.25) is 0 Å². The maximum atomic E-state index is 13.4. The van der Waals surface area contributed by atoms with Crippen molar-refractivity contribution in [2.75, 3.05) is 11.6 Å². The SMILES string of the molecule is O=C1c2ccccc2C(=O)N1C[C@@H]1C[C@H]2c3ccccc3Oc3ccc(C(F)(F)F)cc3N2O1. The van der Waals surface area contributed by atoms with Crippen molar-refractivity contribution < 1.29 is 32.3 Å². The van der Waals surface area contributed by atoms with Gasteiger partial charge in [-0.3, -0.25) is 19.3 Å². The maximum absolute atomic E-state index is 13.4. The van der Waals surface area contributed by atoms with Gasteiger partial charge in [-0.15, -0.1) is 0 Å². The summed E-state index contributed by atoms with van der Waals surface area (Å²) in [4.78, 5) is 32.8. The van der Waals surface area contributed by atoms with Gasteiger partial charge in [0.1, 0.15) is 17.5 Å². The van der Waals surface area contributed by atoms with E-state index in [1.54, 1.807) is 36.4 Å². The van der Waals surface area contributed by atoms with E-state index in [-0.39, 0.29) is 18.0 Å². The van der Waals surface area contributed by atoms with Crippen LogP contribution in [0.4, 0.5) is 18.9 Å². The molecule has 2 atom stereocenters. The van der Waals surface area contributed by atoms with E-state index in [1.165, 1.54) is 11.1 Å². The van der Waals surface area contributed by atoms with Crippen molar-refractivity contribution in [2.24, 2.45) is 0 Å². The molecule has 172 valence electrons. The molecule has 3 aromatic carbocycles. The van der Waals surface area contributed by atoms with E-state index in [1.807, 2.05) is 12.1 Å². The molecule has 1 fully saturated rings. The van der Waals surface area contributed by atoms with Gasteiger partial charge < -0.3 is 4.74 Å². The van der Waals surface area contributed by atoms with Gasteiger partial charge in [-0.2, -0.15) is 13.2 Å². The molecule has 0 N–H and O–H groups in total. The first-order valence-electron chi connectivity index (χ1n) is 10.7. The molecule has 3 heterocycles. The smallest absolute Gasteiger partial charge is 0.416 e. The Bertz CT molecular complexity index is 1300. The van der Waals surface area contributed by atoms with Crippen molar-refractivity contribution >= 4 is 17.5 Å². The summed E-state index contributed by atoms with van der Waals surface area (Å²) in [6, 6.07) is 16.5. The molecular weight excluding hydrogens is 449 g/mol. The number of benzene rings is 3.